The van der Waals surface area contributed by atoms with Gasteiger partial charge in [-0.2, -0.15) is 0 Å². The molecule has 4 aromatic rings. The van der Waals surface area contributed by atoms with E-state index in [4.69, 9.17) is 12.2 Å². The Bertz CT molecular complexity index is 943. The van der Waals surface area contributed by atoms with E-state index in [0.717, 1.165) is 11.0 Å². The molecule has 2 aromatic carbocycles. The maximum Gasteiger partial charge on any atom is 1.00 e. The topological polar surface area (TPSA) is 98.7 Å². The molecule has 112 valence electrons. The molecule has 0 bridgehead atoms. The number of hydrogen-bond donors (Lipinski definition) is 2. The van der Waals surface area contributed by atoms with Crippen LogP contribution in [0.1, 0.15) is 0 Å². The fourth-order valence-electron chi connectivity index (χ4n) is 1.94. The Morgan fingerprint density at radius 2 is 1.54 bits per heavy atom. The van der Waals surface area contributed by atoms with Gasteiger partial charge in [0.1, 0.15) is 0 Å². The molecule has 0 aliphatic carbocycles. The molecule has 0 spiro atoms. The first kappa shape index (κ1) is 21.8. The van der Waals surface area contributed by atoms with Crippen molar-refractivity contribution in [2.24, 2.45) is 0 Å². The number of nitrogens with one attached hydrogen (secondary N) is 2. The molecule has 0 aliphatic rings. The van der Waals surface area contributed by atoms with Crippen LogP contribution in [0, 0.1) is 4.77 Å². The Balaban J connectivity index is 0.000000224. The second-order valence-electron chi connectivity index (χ2n) is 4.35. The molecule has 2 aromatic heterocycles. The zero-order valence-electron chi connectivity index (χ0n) is 13.1. The molecule has 10 heteroatoms. The number of fused-ring (bicyclic) bond motifs is 2. The van der Waals surface area contributed by atoms with Crippen molar-refractivity contribution in [2.45, 2.75) is 5.16 Å². The molecule has 4 rings (SSSR count). The van der Waals surface area contributed by atoms with E-state index < -0.39 is 11.1 Å². The third-order valence-corrected chi connectivity index (χ3v) is 3.57. The van der Waals surface area contributed by atoms with Gasteiger partial charge in [0.25, 0.3) is 0 Å². The summed E-state index contributed by atoms with van der Waals surface area (Å²) in [5.41, 5.74) is 3.34. The quantitative estimate of drug-likeness (QED) is 0.206. The standard InChI is InChI=1S/C7H5N2O2S.C7H6N2S.2Na/c10-12(11)7-8-5-3-1-2-4-6(5)9-7;10-7-8-5-3-1-2-4-6(5)9-7;;/h1-4H,(H-,8,9,10,11);1-4H,(H2,8,9,10);;/q-1;;2*+1/p-1. The van der Waals surface area contributed by atoms with Gasteiger partial charge in [-0.1, -0.05) is 36.4 Å². The van der Waals surface area contributed by atoms with E-state index in [9.17, 15) is 8.76 Å². The summed E-state index contributed by atoms with van der Waals surface area (Å²) in [6, 6.07) is 14.9. The third kappa shape index (κ3) is 5.35. The average Bonchev–Trinajstić information content (AvgIpc) is 3.09. The van der Waals surface area contributed by atoms with Gasteiger partial charge in [-0.3, -0.25) is 4.21 Å². The van der Waals surface area contributed by atoms with Crippen LogP contribution in [0.5, 0.6) is 0 Å². The second kappa shape index (κ2) is 10.0. The smallest absolute Gasteiger partial charge is 0.769 e. The van der Waals surface area contributed by atoms with Crippen LogP contribution in [0.2, 0.25) is 0 Å². The molecule has 0 saturated heterocycles. The number of hydrogen-bond acceptors (Lipinski definition) is 4. The number of aromatic nitrogens is 4. The molecule has 24 heavy (non-hydrogen) atoms. The van der Waals surface area contributed by atoms with E-state index in [1.807, 2.05) is 24.3 Å². The number of benzene rings is 2. The first-order chi connectivity index (χ1) is 10.6. The molecule has 2 heterocycles. The van der Waals surface area contributed by atoms with Crippen molar-refractivity contribution in [1.82, 2.24) is 19.9 Å². The van der Waals surface area contributed by atoms with E-state index in [1.165, 1.54) is 0 Å². The number of aromatic amines is 2. The number of nitrogens with zero attached hydrogens (tertiary/aromatic N) is 2. The van der Waals surface area contributed by atoms with Crippen LogP contribution in [0.4, 0.5) is 0 Å². The average molecular weight is 376 g/mol. The summed E-state index contributed by atoms with van der Waals surface area (Å²) in [6.07, 6.45) is 0. The molecular formula is C14H10N4Na2O2S2. The van der Waals surface area contributed by atoms with Crippen molar-refractivity contribution in [3.05, 3.63) is 53.3 Å². The SMILES string of the molecule is O=S([O-])c1nc2ccccc2[n-]1.S=c1[nH]c2ccccc2[nH]1.[Na+].[Na+]. The van der Waals surface area contributed by atoms with Gasteiger partial charge in [0.15, 0.2) is 4.77 Å². The van der Waals surface area contributed by atoms with E-state index in [-0.39, 0.29) is 64.3 Å². The van der Waals surface area contributed by atoms with Crippen LogP contribution >= 0.6 is 12.2 Å². The van der Waals surface area contributed by atoms with Gasteiger partial charge in [-0.15, -0.1) is 0 Å². The first-order valence-electron chi connectivity index (χ1n) is 6.29. The Kier molecular flexibility index (Phi) is 9.07. The molecule has 0 radical (unpaired) electrons. The number of imidazole rings is 2. The molecular weight excluding hydrogens is 366 g/mol. The maximum absolute atomic E-state index is 10.4. The number of rotatable bonds is 1. The summed E-state index contributed by atoms with van der Waals surface area (Å²) in [6.45, 7) is 0. The van der Waals surface area contributed by atoms with Crippen LogP contribution in [0.3, 0.4) is 0 Å². The molecule has 1 unspecified atom stereocenters. The minimum atomic E-state index is -2.33. The minimum absolute atomic E-state index is 0. The Morgan fingerprint density at radius 3 is 2.08 bits per heavy atom. The number of H-pyrrole nitrogens is 2. The van der Waals surface area contributed by atoms with Crippen LogP contribution in [-0.2, 0) is 11.1 Å². The van der Waals surface area contributed by atoms with Gasteiger partial charge in [-0.25, -0.2) is 0 Å². The monoisotopic (exact) mass is 376 g/mol. The summed E-state index contributed by atoms with van der Waals surface area (Å²) >= 11 is 2.57. The largest absolute Gasteiger partial charge is 1.00 e. The Hall–Kier alpha value is -0.290. The summed E-state index contributed by atoms with van der Waals surface area (Å²) in [5.74, 6) is 0. The van der Waals surface area contributed by atoms with Crippen molar-refractivity contribution in [1.29, 1.82) is 0 Å². The predicted molar refractivity (Wildman–Crippen MR) is 85.7 cm³/mol. The molecule has 0 amide bonds. The van der Waals surface area contributed by atoms with Crippen LogP contribution < -0.4 is 64.1 Å². The Morgan fingerprint density at radius 1 is 1.00 bits per heavy atom. The van der Waals surface area contributed by atoms with Gasteiger partial charge < -0.3 is 24.5 Å². The van der Waals surface area contributed by atoms with E-state index in [0.29, 0.717) is 15.8 Å². The molecule has 1 atom stereocenters. The second-order valence-corrected chi connectivity index (χ2v) is 5.60. The molecule has 6 nitrogen and oxygen atoms in total. The fraction of sp³-hybridized carbons (Fsp3) is 0. The van der Waals surface area contributed by atoms with Crippen molar-refractivity contribution in [3.8, 4) is 0 Å². The third-order valence-electron chi connectivity index (χ3n) is 2.89. The number of para-hydroxylation sites is 4. The molecule has 2 N–H and O–H groups in total. The van der Waals surface area contributed by atoms with E-state index >= 15 is 0 Å². The first-order valence-corrected chi connectivity index (χ1v) is 7.77. The predicted octanol–water partition coefficient (Wildman–Crippen LogP) is -3.34. The molecule has 0 fully saturated rings. The van der Waals surface area contributed by atoms with Crippen molar-refractivity contribution < 1.29 is 67.9 Å². The molecule has 0 aliphatic heterocycles. The molecule has 0 saturated carbocycles. The summed E-state index contributed by atoms with van der Waals surface area (Å²) in [5, 5.41) is -0.142. The fourth-order valence-corrected chi connectivity index (χ4v) is 2.50. The van der Waals surface area contributed by atoms with Crippen molar-refractivity contribution in [3.63, 3.8) is 0 Å². The van der Waals surface area contributed by atoms with E-state index in [1.54, 1.807) is 24.3 Å². The summed E-state index contributed by atoms with van der Waals surface area (Å²) in [7, 11) is 0. The summed E-state index contributed by atoms with van der Waals surface area (Å²) < 4.78 is 21.6. The minimum Gasteiger partial charge on any atom is -0.769 e. The van der Waals surface area contributed by atoms with E-state index in [2.05, 4.69) is 19.9 Å². The maximum atomic E-state index is 10.4. The van der Waals surface area contributed by atoms with Gasteiger partial charge in [0.05, 0.1) is 11.0 Å². The summed E-state index contributed by atoms with van der Waals surface area (Å²) in [4.78, 5) is 13.6. The van der Waals surface area contributed by atoms with Crippen LogP contribution in [0.15, 0.2) is 53.7 Å². The van der Waals surface area contributed by atoms with Crippen LogP contribution in [-0.4, -0.2) is 23.7 Å². The van der Waals surface area contributed by atoms with Gasteiger partial charge in [-0.05, 0) is 51.6 Å². The van der Waals surface area contributed by atoms with Gasteiger partial charge in [0.2, 0.25) is 0 Å². The van der Waals surface area contributed by atoms with Crippen molar-refractivity contribution >= 4 is 45.4 Å². The Labute approximate surface area is 189 Å². The van der Waals surface area contributed by atoms with Gasteiger partial charge in [0, 0.05) is 0 Å². The normalized spacial score (nSPS) is 11.0. The van der Waals surface area contributed by atoms with Crippen molar-refractivity contribution in [2.75, 3.05) is 0 Å². The van der Waals surface area contributed by atoms with Gasteiger partial charge >= 0.3 is 59.1 Å². The zero-order chi connectivity index (χ0) is 15.5. The van der Waals surface area contributed by atoms with Crippen LogP contribution in [0.25, 0.3) is 22.1 Å². The zero-order valence-corrected chi connectivity index (χ0v) is 18.8.